The Bertz CT molecular complexity index is 203. The molecule has 1 aliphatic heterocycles. The first-order chi connectivity index (χ1) is 7.42. The predicted octanol–water partition coefficient (Wildman–Crippen LogP) is 0.867. The van der Waals surface area contributed by atoms with Crippen LogP contribution in [-0.4, -0.2) is 68.1 Å². The molecule has 0 aromatic rings. The molecule has 0 amide bonds. The maximum atomic E-state index is 12.2. The topological polar surface area (TPSA) is 18.5 Å². The van der Waals surface area contributed by atoms with Crippen molar-refractivity contribution in [3.63, 3.8) is 0 Å². The molecular formula is C11H23F2N3. The average molecular weight is 235 g/mol. The lowest BCUT2D eigenvalue weighted by Crippen LogP contribution is -2.57. The summed E-state index contributed by atoms with van der Waals surface area (Å²) >= 11 is 0. The van der Waals surface area contributed by atoms with Gasteiger partial charge in [-0.05, 0) is 20.9 Å². The first kappa shape index (κ1) is 13.8. The van der Waals surface area contributed by atoms with Gasteiger partial charge in [0, 0.05) is 38.3 Å². The van der Waals surface area contributed by atoms with E-state index >= 15 is 0 Å². The van der Waals surface area contributed by atoms with Gasteiger partial charge < -0.3 is 5.32 Å². The lowest BCUT2D eigenvalue weighted by atomic mass is 10.0. The van der Waals surface area contributed by atoms with E-state index in [9.17, 15) is 8.78 Å². The van der Waals surface area contributed by atoms with E-state index in [-0.39, 0.29) is 12.1 Å². The maximum Gasteiger partial charge on any atom is 0.251 e. The minimum absolute atomic E-state index is 0.0360. The van der Waals surface area contributed by atoms with E-state index in [0.717, 1.165) is 26.2 Å². The molecule has 1 rings (SSSR count). The fraction of sp³-hybridized carbons (Fsp3) is 1.00. The Kier molecular flexibility index (Phi) is 5.08. The Morgan fingerprint density at radius 3 is 2.38 bits per heavy atom. The molecule has 5 heteroatoms. The normalized spacial score (nSPS) is 19.7. The van der Waals surface area contributed by atoms with E-state index < -0.39 is 6.43 Å². The highest BCUT2D eigenvalue weighted by Crippen LogP contribution is 2.16. The van der Waals surface area contributed by atoms with Crippen molar-refractivity contribution in [2.75, 3.05) is 46.3 Å². The summed E-state index contributed by atoms with van der Waals surface area (Å²) in [5, 5.41) is 3.30. The number of likely N-dealkylation sites (N-methyl/N-ethyl adjacent to an activating group) is 1. The molecule has 0 aromatic carbocycles. The molecule has 16 heavy (non-hydrogen) atoms. The molecule has 0 atom stereocenters. The zero-order chi connectivity index (χ0) is 12.2. The van der Waals surface area contributed by atoms with Crippen molar-refractivity contribution in [1.29, 1.82) is 0 Å². The molecular weight excluding hydrogens is 212 g/mol. The fourth-order valence-electron chi connectivity index (χ4n) is 2.33. The second-order valence-electron chi connectivity index (χ2n) is 5.14. The van der Waals surface area contributed by atoms with Gasteiger partial charge in [0.1, 0.15) is 0 Å². The molecule has 0 spiro atoms. The Balaban J connectivity index is 2.42. The van der Waals surface area contributed by atoms with Crippen LogP contribution in [0.15, 0.2) is 0 Å². The number of rotatable bonds is 5. The molecule has 1 saturated heterocycles. The quantitative estimate of drug-likeness (QED) is 0.763. The third kappa shape index (κ3) is 4.31. The van der Waals surface area contributed by atoms with E-state index in [1.54, 1.807) is 11.9 Å². The first-order valence-electron chi connectivity index (χ1n) is 5.84. The molecule has 0 aliphatic carbocycles. The van der Waals surface area contributed by atoms with Gasteiger partial charge in [-0.3, -0.25) is 9.80 Å². The molecule has 1 heterocycles. The number of nitrogens with one attached hydrogen (secondary N) is 1. The molecule has 0 saturated carbocycles. The first-order valence-corrected chi connectivity index (χ1v) is 5.84. The predicted molar refractivity (Wildman–Crippen MR) is 62.0 cm³/mol. The van der Waals surface area contributed by atoms with Gasteiger partial charge in [0.05, 0.1) is 6.54 Å². The zero-order valence-corrected chi connectivity index (χ0v) is 10.5. The third-order valence-corrected chi connectivity index (χ3v) is 3.08. The number of alkyl halides is 2. The van der Waals surface area contributed by atoms with E-state index in [2.05, 4.69) is 24.1 Å². The molecule has 0 aromatic heterocycles. The lowest BCUT2D eigenvalue weighted by Gasteiger charge is -2.43. The van der Waals surface area contributed by atoms with Crippen molar-refractivity contribution in [2.45, 2.75) is 25.8 Å². The van der Waals surface area contributed by atoms with Crippen LogP contribution in [0.4, 0.5) is 8.78 Å². The van der Waals surface area contributed by atoms with Gasteiger partial charge in [0.25, 0.3) is 6.43 Å². The molecule has 0 radical (unpaired) electrons. The van der Waals surface area contributed by atoms with Crippen LogP contribution >= 0.6 is 0 Å². The van der Waals surface area contributed by atoms with Crippen LogP contribution in [-0.2, 0) is 0 Å². The number of hydrogen-bond donors (Lipinski definition) is 1. The molecule has 0 bridgehead atoms. The highest BCUT2D eigenvalue weighted by atomic mass is 19.3. The monoisotopic (exact) mass is 235 g/mol. The number of hydrogen-bond acceptors (Lipinski definition) is 3. The lowest BCUT2D eigenvalue weighted by molar-refractivity contribution is 0.0432. The summed E-state index contributed by atoms with van der Waals surface area (Å²) in [7, 11) is 1.76. The van der Waals surface area contributed by atoms with Gasteiger partial charge in [-0.25, -0.2) is 8.78 Å². The van der Waals surface area contributed by atoms with Crippen LogP contribution in [0.25, 0.3) is 0 Å². The largest absolute Gasteiger partial charge is 0.314 e. The van der Waals surface area contributed by atoms with Gasteiger partial charge in [-0.2, -0.15) is 0 Å². The van der Waals surface area contributed by atoms with Crippen LogP contribution in [0.1, 0.15) is 13.8 Å². The standard InChI is InChI=1S/C11H23F2N3/c1-11(2,9-15(3)8-10(12)13)16-6-4-14-5-7-16/h10,14H,4-9H2,1-3H3. The van der Waals surface area contributed by atoms with Gasteiger partial charge in [-0.1, -0.05) is 0 Å². The highest BCUT2D eigenvalue weighted by molar-refractivity contribution is 4.87. The smallest absolute Gasteiger partial charge is 0.251 e. The molecule has 0 unspecified atom stereocenters. The van der Waals surface area contributed by atoms with Gasteiger partial charge in [0.15, 0.2) is 0 Å². The van der Waals surface area contributed by atoms with Crippen LogP contribution in [0, 0.1) is 0 Å². The van der Waals surface area contributed by atoms with E-state index in [4.69, 9.17) is 0 Å². The van der Waals surface area contributed by atoms with E-state index in [1.807, 2.05) is 0 Å². The molecule has 1 aliphatic rings. The van der Waals surface area contributed by atoms with Gasteiger partial charge in [-0.15, -0.1) is 0 Å². The fourth-order valence-corrected chi connectivity index (χ4v) is 2.33. The molecule has 3 nitrogen and oxygen atoms in total. The second kappa shape index (κ2) is 5.89. The second-order valence-corrected chi connectivity index (χ2v) is 5.14. The molecule has 1 fully saturated rings. The Labute approximate surface area is 96.8 Å². The Morgan fingerprint density at radius 2 is 1.88 bits per heavy atom. The van der Waals surface area contributed by atoms with Crippen molar-refractivity contribution in [3.05, 3.63) is 0 Å². The Morgan fingerprint density at radius 1 is 1.31 bits per heavy atom. The summed E-state index contributed by atoms with van der Waals surface area (Å²) in [6, 6.07) is 0. The van der Waals surface area contributed by atoms with Crippen molar-refractivity contribution in [1.82, 2.24) is 15.1 Å². The van der Waals surface area contributed by atoms with Gasteiger partial charge in [0.2, 0.25) is 0 Å². The van der Waals surface area contributed by atoms with E-state index in [1.165, 1.54) is 0 Å². The number of halogens is 2. The SMILES string of the molecule is CN(CC(F)F)CC(C)(C)N1CCNCC1. The minimum Gasteiger partial charge on any atom is -0.314 e. The minimum atomic E-state index is -2.25. The van der Waals surface area contributed by atoms with Crippen LogP contribution in [0.2, 0.25) is 0 Å². The van der Waals surface area contributed by atoms with Crippen molar-refractivity contribution in [3.8, 4) is 0 Å². The maximum absolute atomic E-state index is 12.2. The third-order valence-electron chi connectivity index (χ3n) is 3.08. The molecule has 96 valence electrons. The summed E-state index contributed by atoms with van der Waals surface area (Å²) in [4.78, 5) is 4.08. The van der Waals surface area contributed by atoms with E-state index in [0.29, 0.717) is 6.54 Å². The summed E-state index contributed by atoms with van der Waals surface area (Å²) in [5.41, 5.74) is -0.0360. The van der Waals surface area contributed by atoms with Crippen molar-refractivity contribution < 1.29 is 8.78 Å². The highest BCUT2D eigenvalue weighted by Gasteiger charge is 2.29. The van der Waals surface area contributed by atoms with Gasteiger partial charge >= 0.3 is 0 Å². The van der Waals surface area contributed by atoms with Crippen LogP contribution < -0.4 is 5.32 Å². The summed E-state index contributed by atoms with van der Waals surface area (Å²) in [6.07, 6.45) is -2.25. The Hall–Kier alpha value is -0.260. The average Bonchev–Trinajstić information content (AvgIpc) is 2.16. The zero-order valence-electron chi connectivity index (χ0n) is 10.5. The number of nitrogens with zero attached hydrogens (tertiary/aromatic N) is 2. The van der Waals surface area contributed by atoms with Crippen molar-refractivity contribution in [2.24, 2.45) is 0 Å². The van der Waals surface area contributed by atoms with Crippen LogP contribution in [0.5, 0.6) is 0 Å². The van der Waals surface area contributed by atoms with Crippen molar-refractivity contribution >= 4 is 0 Å². The summed E-state index contributed by atoms with van der Waals surface area (Å²) in [6.45, 7) is 8.75. The van der Waals surface area contributed by atoms with Crippen LogP contribution in [0.3, 0.4) is 0 Å². The number of piperazine rings is 1. The summed E-state index contributed by atoms with van der Waals surface area (Å²) < 4.78 is 24.5. The summed E-state index contributed by atoms with van der Waals surface area (Å²) in [5.74, 6) is 0. The molecule has 1 N–H and O–H groups in total.